The molecule has 1 N–H and O–H groups in total. The van der Waals surface area contributed by atoms with Crippen molar-refractivity contribution in [2.75, 3.05) is 23.3 Å². The Morgan fingerprint density at radius 3 is 2.79 bits per heavy atom. The number of hydrogen-bond acceptors (Lipinski definition) is 4. The van der Waals surface area contributed by atoms with Crippen molar-refractivity contribution in [2.45, 2.75) is 40.0 Å². The number of rotatable bonds is 5. The van der Waals surface area contributed by atoms with Crippen molar-refractivity contribution >= 4 is 23.0 Å². The first-order valence-electron chi connectivity index (χ1n) is 9.84. The van der Waals surface area contributed by atoms with E-state index < -0.39 is 4.92 Å². The summed E-state index contributed by atoms with van der Waals surface area (Å²) in [5.74, 6) is 0.176. The number of nitrogens with one attached hydrogen (secondary N) is 1. The highest BCUT2D eigenvalue weighted by molar-refractivity contribution is 6.06. The van der Waals surface area contributed by atoms with Crippen LogP contribution in [0.25, 0.3) is 0 Å². The summed E-state index contributed by atoms with van der Waals surface area (Å²) < 4.78 is 0. The predicted molar refractivity (Wildman–Crippen MR) is 112 cm³/mol. The Morgan fingerprint density at radius 1 is 1.32 bits per heavy atom. The zero-order valence-corrected chi connectivity index (χ0v) is 16.7. The van der Waals surface area contributed by atoms with Crippen LogP contribution in [-0.2, 0) is 6.42 Å². The van der Waals surface area contributed by atoms with Crippen LogP contribution in [0.3, 0.4) is 0 Å². The smallest absolute Gasteiger partial charge is 0.293 e. The lowest BCUT2D eigenvalue weighted by molar-refractivity contribution is -0.384. The normalized spacial score (nSPS) is 16.7. The van der Waals surface area contributed by atoms with E-state index in [1.165, 1.54) is 6.07 Å². The molecule has 0 bridgehead atoms. The van der Waals surface area contributed by atoms with E-state index in [-0.39, 0.29) is 11.6 Å². The molecule has 2 aromatic carbocycles. The van der Waals surface area contributed by atoms with Crippen molar-refractivity contribution in [2.24, 2.45) is 5.92 Å². The first kappa shape index (κ1) is 19.9. The van der Waals surface area contributed by atoms with Crippen LogP contribution in [0.15, 0.2) is 36.4 Å². The summed E-state index contributed by atoms with van der Waals surface area (Å²) in [5, 5.41) is 14.6. The molecule has 6 heteroatoms. The van der Waals surface area contributed by atoms with Gasteiger partial charge in [0, 0.05) is 30.4 Å². The van der Waals surface area contributed by atoms with Crippen molar-refractivity contribution in [1.82, 2.24) is 0 Å². The highest BCUT2D eigenvalue weighted by Crippen LogP contribution is 2.33. The van der Waals surface area contributed by atoms with Crippen LogP contribution in [0, 0.1) is 23.0 Å². The average Bonchev–Trinajstić information content (AvgIpc) is 2.68. The fraction of sp³-hybridized carbons (Fsp3) is 0.409. The second kappa shape index (κ2) is 8.42. The number of nitro groups is 1. The molecular weight excluding hydrogens is 354 g/mol. The lowest BCUT2D eigenvalue weighted by Crippen LogP contribution is -2.34. The minimum Gasteiger partial charge on any atom is -0.366 e. The van der Waals surface area contributed by atoms with Gasteiger partial charge in [0.15, 0.2) is 0 Å². The van der Waals surface area contributed by atoms with Crippen LogP contribution >= 0.6 is 0 Å². The second-order valence-electron chi connectivity index (χ2n) is 7.57. The molecule has 1 aliphatic rings. The number of anilines is 2. The van der Waals surface area contributed by atoms with Gasteiger partial charge in [0.05, 0.1) is 4.92 Å². The van der Waals surface area contributed by atoms with Gasteiger partial charge < -0.3 is 10.2 Å². The maximum atomic E-state index is 12.8. The van der Waals surface area contributed by atoms with Gasteiger partial charge in [-0.05, 0) is 55.4 Å². The summed E-state index contributed by atoms with van der Waals surface area (Å²) in [7, 11) is 0. The van der Waals surface area contributed by atoms with E-state index in [0.717, 1.165) is 49.2 Å². The molecule has 1 heterocycles. The molecule has 6 nitrogen and oxygen atoms in total. The third kappa shape index (κ3) is 4.16. The lowest BCUT2D eigenvalue weighted by atomic mass is 9.99. The summed E-state index contributed by atoms with van der Waals surface area (Å²) in [5.41, 5.74) is 3.68. The van der Waals surface area contributed by atoms with Gasteiger partial charge in [-0.25, -0.2) is 0 Å². The van der Waals surface area contributed by atoms with Crippen LogP contribution < -0.4 is 10.2 Å². The zero-order chi connectivity index (χ0) is 20.3. The Labute approximate surface area is 165 Å². The quantitative estimate of drug-likeness (QED) is 0.587. The van der Waals surface area contributed by atoms with E-state index in [2.05, 4.69) is 17.1 Å². The second-order valence-corrected chi connectivity index (χ2v) is 7.57. The number of aryl methyl sites for hydroxylation is 2. The molecule has 1 atom stereocenters. The highest BCUT2D eigenvalue weighted by Gasteiger charge is 2.25. The summed E-state index contributed by atoms with van der Waals surface area (Å²) in [4.78, 5) is 26.2. The van der Waals surface area contributed by atoms with Crippen LogP contribution in [0.5, 0.6) is 0 Å². The monoisotopic (exact) mass is 381 g/mol. The van der Waals surface area contributed by atoms with Crippen molar-refractivity contribution in [1.29, 1.82) is 0 Å². The number of carbonyl (C=O) groups excluding carboxylic acids is 1. The molecule has 0 spiro atoms. The minimum atomic E-state index is -0.392. The van der Waals surface area contributed by atoms with Gasteiger partial charge in [0.1, 0.15) is 5.69 Å². The van der Waals surface area contributed by atoms with Gasteiger partial charge in [-0.3, -0.25) is 14.9 Å². The molecule has 1 aliphatic heterocycles. The Kier molecular flexibility index (Phi) is 5.97. The van der Waals surface area contributed by atoms with Crippen molar-refractivity contribution in [3.63, 3.8) is 0 Å². The van der Waals surface area contributed by atoms with Crippen LogP contribution in [0.4, 0.5) is 17.1 Å². The number of carbonyl (C=O) groups is 1. The summed E-state index contributed by atoms with van der Waals surface area (Å²) in [6.45, 7) is 7.74. The fourth-order valence-electron chi connectivity index (χ4n) is 3.87. The lowest BCUT2D eigenvalue weighted by Gasteiger charge is -2.32. The summed E-state index contributed by atoms with van der Waals surface area (Å²) in [6.07, 6.45) is 2.96. The largest absolute Gasteiger partial charge is 0.366 e. The Hall–Kier alpha value is -2.89. The number of amides is 1. The molecular formula is C22H27N3O3. The summed E-state index contributed by atoms with van der Waals surface area (Å²) >= 11 is 0. The van der Waals surface area contributed by atoms with E-state index in [0.29, 0.717) is 17.2 Å². The van der Waals surface area contributed by atoms with Crippen LogP contribution in [0.1, 0.15) is 48.2 Å². The van der Waals surface area contributed by atoms with Gasteiger partial charge in [-0.2, -0.15) is 0 Å². The van der Waals surface area contributed by atoms with E-state index in [1.807, 2.05) is 32.0 Å². The standard InChI is InChI=1S/C22H27N3O3/c1-4-17-9-5-8-16(3)21(17)23-22(26)18-10-11-19(20(13-18)25(27)28)24-12-6-7-15(2)14-24/h5,8-11,13,15H,4,6-7,12,14H2,1-3H3,(H,23,26)/t15-/m1/s1. The van der Waals surface area contributed by atoms with Crippen molar-refractivity contribution < 1.29 is 9.72 Å². The molecule has 0 saturated carbocycles. The van der Waals surface area contributed by atoms with Crippen LogP contribution in [-0.4, -0.2) is 23.9 Å². The molecule has 2 aromatic rings. The molecule has 0 radical (unpaired) electrons. The molecule has 0 unspecified atom stereocenters. The van der Waals surface area contributed by atoms with Gasteiger partial charge in [0.2, 0.25) is 0 Å². The summed E-state index contributed by atoms with van der Waals surface area (Å²) in [6, 6.07) is 10.7. The number of hydrogen-bond donors (Lipinski definition) is 1. The maximum absolute atomic E-state index is 12.8. The van der Waals surface area contributed by atoms with Crippen molar-refractivity contribution in [3.05, 3.63) is 63.2 Å². The number of nitrogens with zero attached hydrogens (tertiary/aromatic N) is 2. The molecule has 148 valence electrons. The van der Waals surface area contributed by atoms with E-state index in [4.69, 9.17) is 0 Å². The Balaban J connectivity index is 1.90. The SMILES string of the molecule is CCc1cccc(C)c1NC(=O)c1ccc(N2CCC[C@@H](C)C2)c([N+](=O)[O-])c1. The van der Waals surface area contributed by atoms with Crippen LogP contribution in [0.2, 0.25) is 0 Å². The molecule has 28 heavy (non-hydrogen) atoms. The van der Waals surface area contributed by atoms with Crippen molar-refractivity contribution in [3.8, 4) is 0 Å². The number of para-hydroxylation sites is 1. The Morgan fingerprint density at radius 2 is 2.11 bits per heavy atom. The molecule has 3 rings (SSSR count). The van der Waals surface area contributed by atoms with E-state index in [9.17, 15) is 14.9 Å². The first-order chi connectivity index (χ1) is 13.4. The molecule has 1 fully saturated rings. The third-order valence-corrected chi connectivity index (χ3v) is 5.41. The highest BCUT2D eigenvalue weighted by atomic mass is 16.6. The van der Waals surface area contributed by atoms with E-state index in [1.54, 1.807) is 12.1 Å². The zero-order valence-electron chi connectivity index (χ0n) is 16.7. The third-order valence-electron chi connectivity index (χ3n) is 5.41. The molecule has 0 aliphatic carbocycles. The van der Waals surface area contributed by atoms with Gasteiger partial charge >= 0.3 is 0 Å². The first-order valence-corrected chi connectivity index (χ1v) is 9.84. The number of piperidine rings is 1. The molecule has 0 aromatic heterocycles. The Bertz CT molecular complexity index is 895. The molecule has 1 amide bonds. The predicted octanol–water partition coefficient (Wildman–Crippen LogP) is 4.95. The van der Waals surface area contributed by atoms with Gasteiger partial charge in [-0.1, -0.05) is 32.0 Å². The van der Waals surface area contributed by atoms with E-state index >= 15 is 0 Å². The van der Waals surface area contributed by atoms with Gasteiger partial charge in [-0.15, -0.1) is 0 Å². The maximum Gasteiger partial charge on any atom is 0.293 e. The number of benzene rings is 2. The average molecular weight is 381 g/mol. The minimum absolute atomic E-state index is 0.0118. The van der Waals surface area contributed by atoms with Gasteiger partial charge in [0.25, 0.3) is 11.6 Å². The fourth-order valence-corrected chi connectivity index (χ4v) is 3.87. The topological polar surface area (TPSA) is 75.5 Å². The molecule has 1 saturated heterocycles. The number of nitro benzene ring substituents is 1.